The average molecular weight is 376 g/mol. The number of carbonyl (C=O) groups excluding carboxylic acids is 2. The molecule has 134 valence electrons. The number of hydrogen-bond donors (Lipinski definition) is 0. The Hall–Kier alpha value is -1.60. The van der Waals surface area contributed by atoms with Gasteiger partial charge in [0.1, 0.15) is 0 Å². The highest BCUT2D eigenvalue weighted by atomic mass is 35.5. The van der Waals surface area contributed by atoms with Gasteiger partial charge in [-0.3, -0.25) is 4.79 Å². The van der Waals surface area contributed by atoms with Crippen LogP contribution in [0.4, 0.5) is 0 Å². The number of hydrogen-bond acceptors (Lipinski definition) is 5. The lowest BCUT2D eigenvalue weighted by atomic mass is 10.2. The van der Waals surface area contributed by atoms with Crippen LogP contribution in [0.3, 0.4) is 0 Å². The van der Waals surface area contributed by atoms with Crippen LogP contribution in [-0.4, -0.2) is 50.1 Å². The van der Waals surface area contributed by atoms with Crippen molar-refractivity contribution in [2.24, 2.45) is 0 Å². The van der Waals surface area contributed by atoms with E-state index in [1.165, 1.54) is 12.1 Å². The van der Waals surface area contributed by atoms with E-state index >= 15 is 0 Å². The van der Waals surface area contributed by atoms with E-state index < -0.39 is 22.4 Å². The molecule has 0 heterocycles. The zero-order valence-electron chi connectivity index (χ0n) is 14.4. The molecule has 0 aromatic heterocycles. The number of nitrogens with zero attached hydrogens (tertiary/aromatic N) is 1. The van der Waals surface area contributed by atoms with Gasteiger partial charge in [0.05, 0.1) is 15.5 Å². The Bertz CT molecular complexity index is 720. The molecule has 1 aromatic rings. The number of halogens is 1. The first-order chi connectivity index (χ1) is 10.9. The summed E-state index contributed by atoms with van der Waals surface area (Å²) in [5.41, 5.74) is -0.0898. The number of esters is 1. The van der Waals surface area contributed by atoms with E-state index in [2.05, 4.69) is 0 Å². The van der Waals surface area contributed by atoms with E-state index in [-0.39, 0.29) is 33.5 Å². The zero-order valence-corrected chi connectivity index (χ0v) is 15.9. The SMILES string of the molecule is CC(C)N(C(=O)COC(=O)c1cc(S(C)(=O)=O)ccc1Cl)C(C)C. The van der Waals surface area contributed by atoms with Gasteiger partial charge in [0.25, 0.3) is 5.91 Å². The van der Waals surface area contributed by atoms with Gasteiger partial charge < -0.3 is 9.64 Å². The molecule has 1 amide bonds. The largest absolute Gasteiger partial charge is 0.452 e. The molecule has 0 N–H and O–H groups in total. The molecule has 0 aliphatic heterocycles. The van der Waals surface area contributed by atoms with Gasteiger partial charge in [0.2, 0.25) is 0 Å². The molecule has 0 fully saturated rings. The fraction of sp³-hybridized carbons (Fsp3) is 0.500. The Labute approximate surface area is 147 Å². The van der Waals surface area contributed by atoms with Crippen LogP contribution in [0.15, 0.2) is 23.1 Å². The Morgan fingerprint density at radius 2 is 1.71 bits per heavy atom. The number of ether oxygens (including phenoxy) is 1. The highest BCUT2D eigenvalue weighted by Crippen LogP contribution is 2.21. The van der Waals surface area contributed by atoms with Crippen molar-refractivity contribution in [2.45, 2.75) is 44.7 Å². The van der Waals surface area contributed by atoms with Crippen LogP contribution in [0.1, 0.15) is 38.1 Å². The van der Waals surface area contributed by atoms with Crippen LogP contribution in [0, 0.1) is 0 Å². The fourth-order valence-corrected chi connectivity index (χ4v) is 3.19. The number of benzene rings is 1. The Kier molecular flexibility index (Phi) is 6.80. The van der Waals surface area contributed by atoms with Crippen molar-refractivity contribution >= 4 is 33.3 Å². The molecule has 0 aliphatic carbocycles. The molecule has 0 saturated heterocycles. The van der Waals surface area contributed by atoms with Gasteiger partial charge in [-0.25, -0.2) is 13.2 Å². The molecule has 0 bridgehead atoms. The zero-order chi connectivity index (χ0) is 18.7. The molecule has 8 heteroatoms. The summed E-state index contributed by atoms with van der Waals surface area (Å²) in [5.74, 6) is -1.17. The molecule has 0 saturated carbocycles. The van der Waals surface area contributed by atoms with Crippen molar-refractivity contribution in [3.8, 4) is 0 Å². The van der Waals surface area contributed by atoms with Crippen molar-refractivity contribution in [3.63, 3.8) is 0 Å². The van der Waals surface area contributed by atoms with Gasteiger partial charge in [-0.15, -0.1) is 0 Å². The van der Waals surface area contributed by atoms with E-state index in [9.17, 15) is 18.0 Å². The molecule has 1 rings (SSSR count). The van der Waals surface area contributed by atoms with Gasteiger partial charge in [-0.2, -0.15) is 0 Å². The van der Waals surface area contributed by atoms with Crippen LogP contribution in [-0.2, 0) is 19.4 Å². The summed E-state index contributed by atoms with van der Waals surface area (Å²) in [7, 11) is -3.48. The molecule has 1 aromatic carbocycles. The second-order valence-electron chi connectivity index (χ2n) is 5.98. The number of amides is 1. The van der Waals surface area contributed by atoms with Crippen molar-refractivity contribution < 1.29 is 22.7 Å². The van der Waals surface area contributed by atoms with Crippen LogP contribution in [0.25, 0.3) is 0 Å². The van der Waals surface area contributed by atoms with Crippen LogP contribution in [0.5, 0.6) is 0 Å². The lowest BCUT2D eigenvalue weighted by Gasteiger charge is -2.30. The minimum atomic E-state index is -3.48. The van der Waals surface area contributed by atoms with E-state index in [0.717, 1.165) is 12.3 Å². The topological polar surface area (TPSA) is 80.8 Å². The first-order valence-electron chi connectivity index (χ1n) is 7.43. The van der Waals surface area contributed by atoms with Gasteiger partial charge in [0.15, 0.2) is 16.4 Å². The van der Waals surface area contributed by atoms with Gasteiger partial charge in [0, 0.05) is 18.3 Å². The average Bonchev–Trinajstić information content (AvgIpc) is 2.43. The van der Waals surface area contributed by atoms with Crippen molar-refractivity contribution in [1.29, 1.82) is 0 Å². The Morgan fingerprint density at radius 3 is 2.17 bits per heavy atom. The lowest BCUT2D eigenvalue weighted by Crippen LogP contribution is -2.44. The first-order valence-corrected chi connectivity index (χ1v) is 9.70. The number of carbonyl (C=O) groups is 2. The van der Waals surface area contributed by atoms with Crippen molar-refractivity contribution in [2.75, 3.05) is 12.9 Å². The minimum absolute atomic E-state index is 0.0339. The Morgan fingerprint density at radius 1 is 1.17 bits per heavy atom. The second-order valence-corrected chi connectivity index (χ2v) is 8.40. The van der Waals surface area contributed by atoms with E-state index in [0.29, 0.717) is 0 Å². The minimum Gasteiger partial charge on any atom is -0.452 e. The van der Waals surface area contributed by atoms with Gasteiger partial charge in [-0.1, -0.05) is 11.6 Å². The van der Waals surface area contributed by atoms with Gasteiger partial charge >= 0.3 is 5.97 Å². The normalized spacial score (nSPS) is 11.7. The van der Waals surface area contributed by atoms with E-state index in [1.54, 1.807) is 4.90 Å². The maximum absolute atomic E-state index is 12.2. The third-order valence-electron chi connectivity index (χ3n) is 3.31. The Balaban J connectivity index is 2.91. The molecule has 0 aliphatic rings. The summed E-state index contributed by atoms with van der Waals surface area (Å²) in [6.45, 7) is 7.03. The van der Waals surface area contributed by atoms with Crippen molar-refractivity contribution in [3.05, 3.63) is 28.8 Å². The molecule has 0 unspecified atom stereocenters. The predicted octanol–water partition coefficient (Wildman–Crippen LogP) is 2.55. The highest BCUT2D eigenvalue weighted by Gasteiger charge is 2.23. The van der Waals surface area contributed by atoms with E-state index in [1.807, 2.05) is 27.7 Å². The third kappa shape index (κ3) is 5.21. The molecule has 6 nitrogen and oxygen atoms in total. The molecule has 0 spiro atoms. The van der Waals surface area contributed by atoms with E-state index in [4.69, 9.17) is 16.3 Å². The van der Waals surface area contributed by atoms with Crippen molar-refractivity contribution in [1.82, 2.24) is 4.90 Å². The van der Waals surface area contributed by atoms with Crippen LogP contribution < -0.4 is 0 Å². The lowest BCUT2D eigenvalue weighted by molar-refractivity contribution is -0.138. The second kappa shape index (κ2) is 7.98. The molecule has 24 heavy (non-hydrogen) atoms. The predicted molar refractivity (Wildman–Crippen MR) is 92.0 cm³/mol. The first kappa shape index (κ1) is 20.4. The smallest absolute Gasteiger partial charge is 0.340 e. The summed E-state index contributed by atoms with van der Waals surface area (Å²) in [5, 5.41) is 0.0597. The van der Waals surface area contributed by atoms with Crippen LogP contribution >= 0.6 is 11.6 Å². The summed E-state index contributed by atoms with van der Waals surface area (Å²) in [6.07, 6.45) is 1.03. The molecule has 0 atom stereocenters. The maximum Gasteiger partial charge on any atom is 0.340 e. The quantitative estimate of drug-likeness (QED) is 0.714. The summed E-state index contributed by atoms with van der Waals surface area (Å²) in [6, 6.07) is 3.69. The number of rotatable bonds is 6. The summed E-state index contributed by atoms with van der Waals surface area (Å²) in [4.78, 5) is 25.9. The molecular formula is C16H22ClNO5S. The van der Waals surface area contributed by atoms with Crippen LogP contribution in [0.2, 0.25) is 5.02 Å². The molecular weight excluding hydrogens is 354 g/mol. The number of sulfone groups is 1. The standard InChI is InChI=1S/C16H22ClNO5S/c1-10(2)18(11(3)4)15(19)9-23-16(20)13-8-12(24(5,21)22)6-7-14(13)17/h6-8,10-11H,9H2,1-5H3. The molecule has 0 radical (unpaired) electrons. The monoisotopic (exact) mass is 375 g/mol. The summed E-state index contributed by atoms with van der Waals surface area (Å²) >= 11 is 5.93. The third-order valence-corrected chi connectivity index (χ3v) is 4.75. The maximum atomic E-state index is 12.2. The van der Waals surface area contributed by atoms with Gasteiger partial charge in [-0.05, 0) is 45.9 Å². The highest BCUT2D eigenvalue weighted by molar-refractivity contribution is 7.90. The summed E-state index contributed by atoms with van der Waals surface area (Å²) < 4.78 is 28.1. The fourth-order valence-electron chi connectivity index (χ4n) is 2.34.